The van der Waals surface area contributed by atoms with Crippen molar-refractivity contribution in [2.75, 3.05) is 0 Å². The molecule has 19 heavy (non-hydrogen) atoms. The molecule has 1 heterocycles. The number of nitrogens with zero attached hydrogens (tertiary/aromatic N) is 2. The maximum atomic E-state index is 5.95. The molecule has 102 valence electrons. The molecule has 1 aromatic carbocycles. The van der Waals surface area contributed by atoms with Gasteiger partial charge in [0.25, 0.3) is 0 Å². The predicted octanol–water partition coefficient (Wildman–Crippen LogP) is 3.02. The second kappa shape index (κ2) is 5.89. The highest BCUT2D eigenvalue weighted by Crippen LogP contribution is 2.26. The highest BCUT2D eigenvalue weighted by Gasteiger charge is 2.15. The lowest BCUT2D eigenvalue weighted by molar-refractivity contribution is 0.422. The number of aromatic nitrogens is 2. The van der Waals surface area contributed by atoms with Crippen LogP contribution in [-0.2, 0) is 13.6 Å². The van der Waals surface area contributed by atoms with Gasteiger partial charge in [-0.3, -0.25) is 0 Å². The Morgan fingerprint density at radius 1 is 1.26 bits per heavy atom. The van der Waals surface area contributed by atoms with Crippen molar-refractivity contribution in [3.8, 4) is 11.6 Å². The van der Waals surface area contributed by atoms with E-state index in [0.717, 1.165) is 29.4 Å². The molecule has 2 aromatic rings. The lowest BCUT2D eigenvalue weighted by Gasteiger charge is -2.11. The molecule has 0 atom stereocenters. The fourth-order valence-electron chi connectivity index (χ4n) is 1.92. The lowest BCUT2D eigenvalue weighted by atomic mass is 10.2. The number of nitrogens with one attached hydrogen (secondary N) is 1. The van der Waals surface area contributed by atoms with Gasteiger partial charge in [0.05, 0.1) is 11.3 Å². The summed E-state index contributed by atoms with van der Waals surface area (Å²) in [4.78, 5) is 0. The number of benzene rings is 1. The molecule has 0 fully saturated rings. The van der Waals surface area contributed by atoms with Crippen LogP contribution in [0.1, 0.15) is 25.1 Å². The zero-order valence-electron chi connectivity index (χ0n) is 12.0. The minimum atomic E-state index is 0.434. The molecular formula is C15H21N3O. The van der Waals surface area contributed by atoms with Crippen LogP contribution in [0.2, 0.25) is 0 Å². The summed E-state index contributed by atoms with van der Waals surface area (Å²) in [7, 11) is 1.91. The van der Waals surface area contributed by atoms with Gasteiger partial charge in [0.15, 0.2) is 0 Å². The Morgan fingerprint density at radius 2 is 1.95 bits per heavy atom. The second-order valence-electron chi connectivity index (χ2n) is 4.94. The Labute approximate surface area is 114 Å². The van der Waals surface area contributed by atoms with Gasteiger partial charge in [0.1, 0.15) is 5.75 Å². The maximum Gasteiger partial charge on any atom is 0.222 e. The van der Waals surface area contributed by atoms with Gasteiger partial charge in [0.2, 0.25) is 5.88 Å². The topological polar surface area (TPSA) is 39.1 Å². The van der Waals surface area contributed by atoms with Gasteiger partial charge < -0.3 is 10.1 Å². The van der Waals surface area contributed by atoms with Crippen molar-refractivity contribution < 1.29 is 4.74 Å². The van der Waals surface area contributed by atoms with Crippen molar-refractivity contribution in [1.82, 2.24) is 15.1 Å². The van der Waals surface area contributed by atoms with Crippen LogP contribution in [-0.4, -0.2) is 15.8 Å². The predicted molar refractivity (Wildman–Crippen MR) is 76.4 cm³/mol. The smallest absolute Gasteiger partial charge is 0.222 e. The third-order valence-corrected chi connectivity index (χ3v) is 2.93. The number of rotatable bonds is 5. The monoisotopic (exact) mass is 259 g/mol. The fraction of sp³-hybridized carbons (Fsp3) is 0.400. The Kier molecular flexibility index (Phi) is 4.22. The van der Waals surface area contributed by atoms with Gasteiger partial charge in [-0.25, -0.2) is 4.68 Å². The van der Waals surface area contributed by atoms with E-state index in [1.807, 2.05) is 44.3 Å². The van der Waals surface area contributed by atoms with Crippen molar-refractivity contribution in [2.24, 2.45) is 7.05 Å². The molecule has 0 amide bonds. The second-order valence-corrected chi connectivity index (χ2v) is 4.94. The summed E-state index contributed by atoms with van der Waals surface area (Å²) in [6, 6.07) is 10.2. The first kappa shape index (κ1) is 13.6. The molecule has 0 saturated carbocycles. The summed E-state index contributed by atoms with van der Waals surface area (Å²) in [6.45, 7) is 7.03. The van der Waals surface area contributed by atoms with Gasteiger partial charge in [-0.2, -0.15) is 5.10 Å². The lowest BCUT2D eigenvalue weighted by Crippen LogP contribution is -2.22. The minimum absolute atomic E-state index is 0.434. The van der Waals surface area contributed by atoms with E-state index in [2.05, 4.69) is 24.3 Å². The first-order chi connectivity index (χ1) is 9.08. The van der Waals surface area contributed by atoms with Crippen molar-refractivity contribution >= 4 is 0 Å². The molecule has 1 N–H and O–H groups in total. The number of hydrogen-bond donors (Lipinski definition) is 1. The van der Waals surface area contributed by atoms with Gasteiger partial charge in [0, 0.05) is 19.6 Å². The molecule has 0 radical (unpaired) electrons. The molecule has 0 unspecified atom stereocenters. The minimum Gasteiger partial charge on any atom is -0.439 e. The van der Waals surface area contributed by atoms with E-state index in [0.29, 0.717) is 6.04 Å². The molecule has 0 aliphatic rings. The summed E-state index contributed by atoms with van der Waals surface area (Å²) >= 11 is 0. The summed E-state index contributed by atoms with van der Waals surface area (Å²) in [5, 5.41) is 7.85. The normalized spacial score (nSPS) is 11.0. The average Bonchev–Trinajstić information content (AvgIpc) is 2.63. The summed E-state index contributed by atoms with van der Waals surface area (Å²) in [6.07, 6.45) is 0. The van der Waals surface area contributed by atoms with Gasteiger partial charge >= 0.3 is 0 Å². The van der Waals surface area contributed by atoms with Gasteiger partial charge in [-0.1, -0.05) is 32.0 Å². The van der Waals surface area contributed by atoms with E-state index in [9.17, 15) is 0 Å². The first-order valence-corrected chi connectivity index (χ1v) is 6.56. The van der Waals surface area contributed by atoms with E-state index < -0.39 is 0 Å². The van der Waals surface area contributed by atoms with Crippen molar-refractivity contribution in [2.45, 2.75) is 33.4 Å². The van der Waals surface area contributed by atoms with Crippen molar-refractivity contribution in [1.29, 1.82) is 0 Å². The SMILES string of the molecule is Cc1nn(C)c(Oc2ccccc2)c1CNC(C)C. The van der Waals surface area contributed by atoms with Crippen LogP contribution in [0.25, 0.3) is 0 Å². The van der Waals surface area contributed by atoms with E-state index in [1.54, 1.807) is 4.68 Å². The van der Waals surface area contributed by atoms with Crippen molar-refractivity contribution in [3.63, 3.8) is 0 Å². The zero-order valence-corrected chi connectivity index (χ0v) is 12.0. The van der Waals surface area contributed by atoms with Crippen LogP contribution in [0.5, 0.6) is 11.6 Å². The number of para-hydroxylation sites is 1. The van der Waals surface area contributed by atoms with E-state index >= 15 is 0 Å². The van der Waals surface area contributed by atoms with Crippen LogP contribution >= 0.6 is 0 Å². The largest absolute Gasteiger partial charge is 0.439 e. The Balaban J connectivity index is 2.23. The van der Waals surface area contributed by atoms with Crippen LogP contribution in [0.3, 0.4) is 0 Å². The van der Waals surface area contributed by atoms with Crippen LogP contribution in [0.15, 0.2) is 30.3 Å². The fourth-order valence-corrected chi connectivity index (χ4v) is 1.92. The zero-order chi connectivity index (χ0) is 13.8. The first-order valence-electron chi connectivity index (χ1n) is 6.56. The van der Waals surface area contributed by atoms with E-state index in [-0.39, 0.29) is 0 Å². The number of aryl methyl sites for hydroxylation is 2. The number of ether oxygens (including phenoxy) is 1. The van der Waals surface area contributed by atoms with E-state index in [1.165, 1.54) is 0 Å². The summed E-state index contributed by atoms with van der Waals surface area (Å²) in [5.41, 5.74) is 2.11. The molecule has 0 saturated heterocycles. The molecule has 4 heteroatoms. The van der Waals surface area contributed by atoms with E-state index in [4.69, 9.17) is 4.74 Å². The average molecular weight is 259 g/mol. The molecular weight excluding hydrogens is 238 g/mol. The van der Waals surface area contributed by atoms with Gasteiger partial charge in [-0.05, 0) is 19.1 Å². The molecule has 0 spiro atoms. The summed E-state index contributed by atoms with van der Waals surface area (Å²) in [5.74, 6) is 1.63. The molecule has 2 rings (SSSR count). The maximum absolute atomic E-state index is 5.95. The molecule has 1 aromatic heterocycles. The molecule has 0 aliphatic heterocycles. The van der Waals surface area contributed by atoms with Crippen LogP contribution < -0.4 is 10.1 Å². The summed E-state index contributed by atoms with van der Waals surface area (Å²) < 4.78 is 7.75. The molecule has 4 nitrogen and oxygen atoms in total. The Bertz CT molecular complexity index is 532. The quantitative estimate of drug-likeness (QED) is 0.897. The van der Waals surface area contributed by atoms with Crippen LogP contribution in [0.4, 0.5) is 0 Å². The molecule has 0 aliphatic carbocycles. The third-order valence-electron chi connectivity index (χ3n) is 2.93. The highest BCUT2D eigenvalue weighted by molar-refractivity contribution is 5.35. The highest BCUT2D eigenvalue weighted by atomic mass is 16.5. The van der Waals surface area contributed by atoms with Crippen molar-refractivity contribution in [3.05, 3.63) is 41.6 Å². The third kappa shape index (κ3) is 3.35. The van der Waals surface area contributed by atoms with Gasteiger partial charge in [-0.15, -0.1) is 0 Å². The van der Waals surface area contributed by atoms with Crippen LogP contribution in [0, 0.1) is 6.92 Å². The molecule has 0 bridgehead atoms. The number of hydrogen-bond acceptors (Lipinski definition) is 3. The Morgan fingerprint density at radius 3 is 2.58 bits per heavy atom. The Hall–Kier alpha value is -1.81. The standard InChI is InChI=1S/C15H21N3O/c1-11(2)16-10-14-12(3)17-18(4)15(14)19-13-8-6-5-7-9-13/h5-9,11,16H,10H2,1-4H3.